The fraction of sp³-hybridized carbons (Fsp3) is 0.647. The lowest BCUT2D eigenvalue weighted by atomic mass is 9.99. The van der Waals surface area contributed by atoms with Crippen LogP contribution in [0.1, 0.15) is 155 Å². The molecule has 6 atom stereocenters. The van der Waals surface area contributed by atoms with E-state index in [0.717, 1.165) is 89.9 Å². The summed E-state index contributed by atoms with van der Waals surface area (Å²) in [6.07, 6.45) is 46.9. The molecule has 0 aromatic heterocycles. The number of carbonyl (C=O) groups excluding carboxylic acids is 2. The first kappa shape index (κ1) is 55.6. The van der Waals surface area contributed by atoms with E-state index in [4.69, 9.17) is 18.9 Å². The molecule has 0 aromatic carbocycles. The highest BCUT2D eigenvalue weighted by atomic mass is 16.7. The van der Waals surface area contributed by atoms with E-state index in [0.29, 0.717) is 12.8 Å². The van der Waals surface area contributed by atoms with Crippen LogP contribution in [0.15, 0.2) is 97.2 Å². The van der Waals surface area contributed by atoms with E-state index in [-0.39, 0.29) is 26.1 Å². The Kier molecular flexibility index (Phi) is 37.1. The van der Waals surface area contributed by atoms with Crippen LogP contribution in [-0.2, 0) is 28.5 Å². The molecular formula is C51H82O10. The van der Waals surface area contributed by atoms with Gasteiger partial charge in [-0.25, -0.2) is 0 Å². The van der Waals surface area contributed by atoms with Gasteiger partial charge >= 0.3 is 11.9 Å². The lowest BCUT2D eigenvalue weighted by Gasteiger charge is -2.39. The van der Waals surface area contributed by atoms with Gasteiger partial charge in [0.05, 0.1) is 13.2 Å². The van der Waals surface area contributed by atoms with Crippen LogP contribution in [-0.4, -0.2) is 89.0 Å². The molecule has 10 nitrogen and oxygen atoms in total. The lowest BCUT2D eigenvalue weighted by molar-refractivity contribution is -0.305. The lowest BCUT2D eigenvalue weighted by Crippen LogP contribution is -2.59. The second kappa shape index (κ2) is 40.7. The molecule has 346 valence electrons. The number of unbranched alkanes of at least 4 members (excludes halogenated alkanes) is 10. The maximum absolute atomic E-state index is 12.8. The van der Waals surface area contributed by atoms with Gasteiger partial charge in [0.25, 0.3) is 0 Å². The molecule has 0 bridgehead atoms. The summed E-state index contributed by atoms with van der Waals surface area (Å²) in [4.78, 5) is 25.4. The zero-order valence-corrected chi connectivity index (χ0v) is 37.6. The number of esters is 2. The summed E-state index contributed by atoms with van der Waals surface area (Å²) in [6, 6.07) is 0. The Morgan fingerprint density at radius 1 is 0.525 bits per heavy atom. The summed E-state index contributed by atoms with van der Waals surface area (Å²) >= 11 is 0. The first-order chi connectivity index (χ1) is 29.8. The zero-order chi connectivity index (χ0) is 44.4. The van der Waals surface area contributed by atoms with Crippen LogP contribution in [0.3, 0.4) is 0 Å². The van der Waals surface area contributed by atoms with E-state index in [9.17, 15) is 30.0 Å². The third kappa shape index (κ3) is 32.0. The van der Waals surface area contributed by atoms with Crippen LogP contribution in [0.5, 0.6) is 0 Å². The second-order valence-electron chi connectivity index (χ2n) is 15.5. The van der Waals surface area contributed by atoms with Gasteiger partial charge in [0.15, 0.2) is 12.4 Å². The fourth-order valence-electron chi connectivity index (χ4n) is 6.28. The Morgan fingerprint density at radius 3 is 1.46 bits per heavy atom. The standard InChI is InChI=1S/C51H82O10/c1-3-5-7-9-11-13-15-17-19-21-22-24-25-27-29-31-33-35-37-39-46(53)58-42-44(43-59-51-50(57)49(56)48(55)45(41-52)61-51)60-47(54)40-38-36-34-32-30-28-26-23-20-18-16-14-12-10-8-6-4-2/h5,7,11-14,17-20,22,24,26-29,44-45,48-52,55-57H,3-4,6,8-10,15-16,21,23,25,30-43H2,1-2H3/b7-5+,13-11+,14-12+,19-17+,20-18+,24-22+,28-26+,29-27+/t44-,45-,48+,49?,50?,51-/m0/s1. The summed E-state index contributed by atoms with van der Waals surface area (Å²) in [5, 5.41) is 40.1. The molecule has 1 aliphatic rings. The minimum atomic E-state index is -1.61. The molecule has 0 saturated carbocycles. The molecule has 1 fully saturated rings. The Morgan fingerprint density at radius 2 is 0.967 bits per heavy atom. The van der Waals surface area contributed by atoms with Gasteiger partial charge in [-0.3, -0.25) is 9.59 Å². The third-order valence-electron chi connectivity index (χ3n) is 9.95. The monoisotopic (exact) mass is 855 g/mol. The maximum atomic E-state index is 12.8. The molecule has 0 amide bonds. The van der Waals surface area contributed by atoms with Crippen LogP contribution in [0.4, 0.5) is 0 Å². The molecule has 1 aliphatic heterocycles. The molecule has 1 saturated heterocycles. The summed E-state index contributed by atoms with van der Waals surface area (Å²) < 4.78 is 22.1. The minimum absolute atomic E-state index is 0.191. The largest absolute Gasteiger partial charge is 0.462 e. The normalized spacial score (nSPS) is 20.7. The summed E-state index contributed by atoms with van der Waals surface area (Å²) in [5.41, 5.74) is 0. The smallest absolute Gasteiger partial charge is 0.306 e. The molecule has 0 spiro atoms. The van der Waals surface area contributed by atoms with Gasteiger partial charge in [0.1, 0.15) is 31.0 Å². The van der Waals surface area contributed by atoms with Crippen molar-refractivity contribution in [3.05, 3.63) is 97.2 Å². The quantitative estimate of drug-likeness (QED) is 0.0270. The number of carbonyl (C=O) groups is 2. The number of hydrogen-bond acceptors (Lipinski definition) is 10. The van der Waals surface area contributed by atoms with Gasteiger partial charge < -0.3 is 39.4 Å². The van der Waals surface area contributed by atoms with E-state index >= 15 is 0 Å². The van der Waals surface area contributed by atoms with Crippen LogP contribution in [0, 0.1) is 0 Å². The predicted octanol–water partition coefficient (Wildman–Crippen LogP) is 10.3. The first-order valence-electron chi connectivity index (χ1n) is 23.3. The van der Waals surface area contributed by atoms with Crippen molar-refractivity contribution >= 4 is 11.9 Å². The van der Waals surface area contributed by atoms with Crippen molar-refractivity contribution in [2.45, 2.75) is 192 Å². The molecule has 61 heavy (non-hydrogen) atoms. The van der Waals surface area contributed by atoms with Crippen LogP contribution in [0.25, 0.3) is 0 Å². The van der Waals surface area contributed by atoms with E-state index in [2.05, 4.69) is 111 Å². The molecule has 2 unspecified atom stereocenters. The minimum Gasteiger partial charge on any atom is -0.462 e. The van der Waals surface area contributed by atoms with Crippen molar-refractivity contribution in [1.82, 2.24) is 0 Å². The van der Waals surface area contributed by atoms with Gasteiger partial charge in [-0.1, -0.05) is 143 Å². The van der Waals surface area contributed by atoms with E-state index < -0.39 is 55.4 Å². The van der Waals surface area contributed by atoms with Crippen molar-refractivity contribution in [2.75, 3.05) is 19.8 Å². The number of rotatable bonds is 37. The van der Waals surface area contributed by atoms with Gasteiger partial charge in [-0.05, 0) is 96.3 Å². The zero-order valence-electron chi connectivity index (χ0n) is 37.6. The number of aliphatic hydroxyl groups excluding tert-OH is 4. The summed E-state index contributed by atoms with van der Waals surface area (Å²) in [7, 11) is 0. The molecule has 10 heteroatoms. The number of hydrogen-bond donors (Lipinski definition) is 4. The number of allylic oxidation sites excluding steroid dienone is 16. The van der Waals surface area contributed by atoms with Crippen LogP contribution >= 0.6 is 0 Å². The van der Waals surface area contributed by atoms with Gasteiger partial charge in [-0.15, -0.1) is 0 Å². The second-order valence-corrected chi connectivity index (χ2v) is 15.5. The molecule has 4 N–H and O–H groups in total. The van der Waals surface area contributed by atoms with Crippen molar-refractivity contribution < 1.29 is 49.0 Å². The van der Waals surface area contributed by atoms with Gasteiger partial charge in [0.2, 0.25) is 0 Å². The highest BCUT2D eigenvalue weighted by Crippen LogP contribution is 2.22. The predicted molar refractivity (Wildman–Crippen MR) is 247 cm³/mol. The van der Waals surface area contributed by atoms with Crippen molar-refractivity contribution in [3.63, 3.8) is 0 Å². The summed E-state index contributed by atoms with van der Waals surface area (Å²) in [6.45, 7) is 3.21. The highest BCUT2D eigenvalue weighted by Gasteiger charge is 2.44. The van der Waals surface area contributed by atoms with Gasteiger partial charge in [0, 0.05) is 12.8 Å². The van der Waals surface area contributed by atoms with Crippen LogP contribution in [0.2, 0.25) is 0 Å². The van der Waals surface area contributed by atoms with Crippen molar-refractivity contribution in [3.8, 4) is 0 Å². The van der Waals surface area contributed by atoms with E-state index in [1.807, 2.05) is 0 Å². The Bertz CT molecular complexity index is 1310. The Labute approximate surface area is 368 Å². The topological polar surface area (TPSA) is 152 Å². The van der Waals surface area contributed by atoms with E-state index in [1.54, 1.807) is 0 Å². The van der Waals surface area contributed by atoms with E-state index in [1.165, 1.54) is 25.7 Å². The van der Waals surface area contributed by atoms with Crippen molar-refractivity contribution in [2.24, 2.45) is 0 Å². The highest BCUT2D eigenvalue weighted by molar-refractivity contribution is 5.70. The molecule has 1 heterocycles. The number of ether oxygens (including phenoxy) is 4. The average Bonchev–Trinajstić information content (AvgIpc) is 3.26. The average molecular weight is 855 g/mol. The molecule has 0 aromatic rings. The van der Waals surface area contributed by atoms with Gasteiger partial charge in [-0.2, -0.15) is 0 Å². The number of aliphatic hydroxyl groups is 4. The van der Waals surface area contributed by atoms with Crippen molar-refractivity contribution in [1.29, 1.82) is 0 Å². The SMILES string of the molecule is CC/C=C/C/C=C/C/C=C/C/C=C/C/C=C/CCCCCC(=O)OC[C@@H](CO[C@H]1O[C@@H](CO)[C@@H](O)C(O)C1O)OC(=O)CCCCCC/C=C/C/C=C/C/C=C/CCCCC. The molecule has 1 rings (SSSR count). The molecular weight excluding hydrogens is 773 g/mol. The fourth-order valence-corrected chi connectivity index (χ4v) is 6.28. The van der Waals surface area contributed by atoms with Crippen LogP contribution < -0.4 is 0 Å². The Balaban J connectivity index is 2.37. The summed E-state index contributed by atoms with van der Waals surface area (Å²) in [5.74, 6) is -0.879. The molecule has 0 aliphatic carbocycles. The third-order valence-corrected chi connectivity index (χ3v) is 9.95. The Hall–Kier alpha value is -3.38. The maximum Gasteiger partial charge on any atom is 0.306 e. The first-order valence-corrected chi connectivity index (χ1v) is 23.3. The molecule has 0 radical (unpaired) electrons.